The molecule has 104 valence electrons. The van der Waals surface area contributed by atoms with Gasteiger partial charge in [0.2, 0.25) is 0 Å². The van der Waals surface area contributed by atoms with Crippen molar-refractivity contribution in [2.75, 3.05) is 18.0 Å². The van der Waals surface area contributed by atoms with Gasteiger partial charge in [0.1, 0.15) is 10.7 Å². The second kappa shape index (κ2) is 4.94. The van der Waals surface area contributed by atoms with Crippen LogP contribution < -0.4 is 4.90 Å². The summed E-state index contributed by atoms with van der Waals surface area (Å²) in [5.74, 6) is -0.742. The van der Waals surface area contributed by atoms with Crippen molar-refractivity contribution < 1.29 is 9.59 Å². The molecular weight excluding hydrogens is 276 g/mol. The van der Waals surface area contributed by atoms with Gasteiger partial charge >= 0.3 is 0 Å². The average Bonchev–Trinajstić information content (AvgIpc) is 3.01. The molecule has 1 aromatic rings. The van der Waals surface area contributed by atoms with Crippen molar-refractivity contribution in [2.24, 2.45) is 0 Å². The lowest BCUT2D eigenvalue weighted by Gasteiger charge is -2.19. The summed E-state index contributed by atoms with van der Waals surface area (Å²) in [5, 5.41) is 0.0393. The zero-order chi connectivity index (χ0) is 14.3. The number of rotatable bonds is 2. The maximum absolute atomic E-state index is 12.5. The van der Waals surface area contributed by atoms with Crippen LogP contribution in [0.1, 0.15) is 18.4 Å². The minimum atomic E-state index is -0.428. The first kappa shape index (κ1) is 13.2. The van der Waals surface area contributed by atoms with Gasteiger partial charge in [-0.15, -0.1) is 0 Å². The van der Waals surface area contributed by atoms with E-state index in [1.165, 1.54) is 0 Å². The molecule has 1 saturated heterocycles. The van der Waals surface area contributed by atoms with E-state index in [2.05, 4.69) is 0 Å². The van der Waals surface area contributed by atoms with E-state index in [4.69, 9.17) is 11.6 Å². The van der Waals surface area contributed by atoms with Gasteiger partial charge in [-0.2, -0.15) is 0 Å². The Labute approximate surface area is 122 Å². The molecule has 3 rings (SSSR count). The zero-order valence-corrected chi connectivity index (χ0v) is 12.0. The zero-order valence-electron chi connectivity index (χ0n) is 11.2. The van der Waals surface area contributed by atoms with Crippen LogP contribution in [0.4, 0.5) is 5.69 Å². The number of anilines is 1. The number of benzene rings is 1. The highest BCUT2D eigenvalue weighted by Gasteiger charge is 2.41. The summed E-state index contributed by atoms with van der Waals surface area (Å²) in [4.78, 5) is 27.9. The number of likely N-dealkylation sites (tertiary alicyclic amines) is 1. The maximum atomic E-state index is 12.5. The van der Waals surface area contributed by atoms with Crippen molar-refractivity contribution in [3.8, 4) is 0 Å². The molecule has 2 heterocycles. The summed E-state index contributed by atoms with van der Waals surface area (Å²) >= 11 is 6.11. The van der Waals surface area contributed by atoms with Crippen LogP contribution in [0.3, 0.4) is 0 Å². The van der Waals surface area contributed by atoms with Gasteiger partial charge < -0.3 is 4.90 Å². The molecular formula is C15H15ClN2O2. The van der Waals surface area contributed by atoms with Crippen LogP contribution in [-0.2, 0) is 9.59 Å². The molecule has 2 amide bonds. The first-order chi connectivity index (χ1) is 9.59. The third-order valence-electron chi connectivity index (χ3n) is 3.72. The number of halogens is 1. The minimum Gasteiger partial charge on any atom is -0.366 e. The summed E-state index contributed by atoms with van der Waals surface area (Å²) in [6, 6.07) is 7.28. The van der Waals surface area contributed by atoms with Crippen molar-refractivity contribution in [3.63, 3.8) is 0 Å². The Hall–Kier alpha value is -1.81. The van der Waals surface area contributed by atoms with Gasteiger partial charge in [-0.3, -0.25) is 9.59 Å². The quantitative estimate of drug-likeness (QED) is 0.786. The van der Waals surface area contributed by atoms with E-state index in [1.54, 1.807) is 12.1 Å². The maximum Gasteiger partial charge on any atom is 0.283 e. The smallest absolute Gasteiger partial charge is 0.283 e. The van der Waals surface area contributed by atoms with Gasteiger partial charge in [0.15, 0.2) is 0 Å². The predicted molar refractivity (Wildman–Crippen MR) is 77.4 cm³/mol. The Kier molecular flexibility index (Phi) is 3.26. The van der Waals surface area contributed by atoms with E-state index in [1.807, 2.05) is 24.0 Å². The Bertz CT molecular complexity index is 601. The minimum absolute atomic E-state index is 0.0393. The standard InChI is InChI=1S/C15H15ClN2O2/c1-10-4-6-11(7-5-10)18-14(19)12(16)13(15(18)20)17-8-2-3-9-17/h4-7H,2-3,8-9H2,1H3. The molecule has 5 heteroatoms. The van der Waals surface area contributed by atoms with Crippen molar-refractivity contribution in [1.29, 1.82) is 0 Å². The number of hydrogen-bond donors (Lipinski definition) is 0. The predicted octanol–water partition coefficient (Wildman–Crippen LogP) is 2.41. The number of nitrogens with zero attached hydrogens (tertiary/aromatic N) is 2. The van der Waals surface area contributed by atoms with Crippen LogP contribution in [0.15, 0.2) is 35.0 Å². The lowest BCUT2D eigenvalue weighted by Crippen LogP contribution is -2.34. The number of amides is 2. The number of aryl methyl sites for hydroxylation is 1. The fourth-order valence-corrected chi connectivity index (χ4v) is 2.92. The largest absolute Gasteiger partial charge is 0.366 e. The van der Waals surface area contributed by atoms with Crippen molar-refractivity contribution in [3.05, 3.63) is 40.6 Å². The van der Waals surface area contributed by atoms with Crippen LogP contribution in [0, 0.1) is 6.92 Å². The normalized spacial score (nSPS) is 19.5. The SMILES string of the molecule is Cc1ccc(N2C(=O)C(Cl)=C(N3CCCC3)C2=O)cc1. The summed E-state index contributed by atoms with van der Waals surface area (Å²) < 4.78 is 0. The van der Waals surface area contributed by atoms with E-state index in [0.717, 1.165) is 36.4 Å². The summed E-state index contributed by atoms with van der Waals surface area (Å²) in [6.07, 6.45) is 2.05. The Morgan fingerprint density at radius 2 is 1.60 bits per heavy atom. The molecule has 0 spiro atoms. The van der Waals surface area contributed by atoms with E-state index in [-0.39, 0.29) is 10.9 Å². The number of imide groups is 1. The molecule has 0 aliphatic carbocycles. The fraction of sp³-hybridized carbons (Fsp3) is 0.333. The second-order valence-electron chi connectivity index (χ2n) is 5.14. The van der Waals surface area contributed by atoms with E-state index in [9.17, 15) is 9.59 Å². The molecule has 4 nitrogen and oxygen atoms in total. The Morgan fingerprint density at radius 1 is 1.00 bits per heavy atom. The number of carbonyl (C=O) groups excluding carboxylic acids is 2. The van der Waals surface area contributed by atoms with E-state index >= 15 is 0 Å². The Balaban J connectivity index is 1.95. The lowest BCUT2D eigenvalue weighted by atomic mass is 10.2. The van der Waals surface area contributed by atoms with Gasteiger partial charge in [0.05, 0.1) is 5.69 Å². The summed E-state index contributed by atoms with van der Waals surface area (Å²) in [5.41, 5.74) is 2.00. The molecule has 0 aromatic heterocycles. The molecule has 20 heavy (non-hydrogen) atoms. The number of hydrogen-bond acceptors (Lipinski definition) is 3. The molecule has 0 atom stereocenters. The van der Waals surface area contributed by atoms with Gasteiger partial charge in [-0.1, -0.05) is 29.3 Å². The van der Waals surface area contributed by atoms with Crippen LogP contribution in [0.25, 0.3) is 0 Å². The summed E-state index contributed by atoms with van der Waals surface area (Å²) in [6.45, 7) is 3.52. The third-order valence-corrected chi connectivity index (χ3v) is 4.06. The van der Waals surface area contributed by atoms with Gasteiger partial charge in [-0.05, 0) is 31.9 Å². The molecule has 0 radical (unpaired) electrons. The van der Waals surface area contributed by atoms with Crippen molar-refractivity contribution in [1.82, 2.24) is 4.90 Å². The average molecular weight is 291 g/mol. The van der Waals surface area contributed by atoms with E-state index in [0.29, 0.717) is 11.4 Å². The second-order valence-corrected chi connectivity index (χ2v) is 5.52. The topological polar surface area (TPSA) is 40.6 Å². The van der Waals surface area contributed by atoms with Crippen molar-refractivity contribution in [2.45, 2.75) is 19.8 Å². The van der Waals surface area contributed by atoms with E-state index < -0.39 is 5.91 Å². The Morgan fingerprint density at radius 3 is 2.20 bits per heavy atom. The third kappa shape index (κ3) is 2.00. The first-order valence-electron chi connectivity index (χ1n) is 6.70. The highest BCUT2D eigenvalue weighted by atomic mass is 35.5. The fourth-order valence-electron chi connectivity index (χ4n) is 2.63. The van der Waals surface area contributed by atoms with Gasteiger partial charge in [0.25, 0.3) is 11.8 Å². The summed E-state index contributed by atoms with van der Waals surface area (Å²) in [7, 11) is 0. The molecule has 0 unspecified atom stereocenters. The molecule has 0 N–H and O–H groups in total. The van der Waals surface area contributed by atoms with Crippen LogP contribution in [0.2, 0.25) is 0 Å². The van der Waals surface area contributed by atoms with Crippen LogP contribution >= 0.6 is 11.6 Å². The monoisotopic (exact) mass is 290 g/mol. The molecule has 2 aliphatic heterocycles. The number of carbonyl (C=O) groups is 2. The van der Waals surface area contributed by atoms with Crippen LogP contribution in [-0.4, -0.2) is 29.8 Å². The van der Waals surface area contributed by atoms with Gasteiger partial charge in [0, 0.05) is 13.1 Å². The molecule has 0 bridgehead atoms. The van der Waals surface area contributed by atoms with Gasteiger partial charge in [-0.25, -0.2) is 4.90 Å². The first-order valence-corrected chi connectivity index (χ1v) is 7.07. The van der Waals surface area contributed by atoms with Crippen LogP contribution in [0.5, 0.6) is 0 Å². The molecule has 1 aromatic carbocycles. The molecule has 2 aliphatic rings. The van der Waals surface area contributed by atoms with Crippen molar-refractivity contribution >= 4 is 29.1 Å². The highest BCUT2D eigenvalue weighted by molar-refractivity contribution is 6.52. The molecule has 0 saturated carbocycles. The highest BCUT2D eigenvalue weighted by Crippen LogP contribution is 2.32. The molecule has 1 fully saturated rings. The lowest BCUT2D eigenvalue weighted by molar-refractivity contribution is -0.121.